The normalized spacial score (nSPS) is 10.9. The first-order valence-electron chi connectivity index (χ1n) is 5.00. The molecule has 0 radical (unpaired) electrons. The number of benzene rings is 1. The second-order valence-electron chi connectivity index (χ2n) is 3.83. The maximum Gasteiger partial charge on any atom is 0.0210 e. The predicted octanol–water partition coefficient (Wildman–Crippen LogP) is 3.21. The molecule has 0 saturated heterocycles. The van der Waals surface area contributed by atoms with Gasteiger partial charge in [0.2, 0.25) is 0 Å². The van der Waals surface area contributed by atoms with Crippen molar-refractivity contribution in [1.82, 2.24) is 5.32 Å². The van der Waals surface area contributed by atoms with E-state index < -0.39 is 0 Å². The zero-order valence-corrected chi connectivity index (χ0v) is 10.2. The lowest BCUT2D eigenvalue weighted by atomic mass is 10.1. The molecule has 1 rings (SSSR count). The van der Waals surface area contributed by atoms with Crippen molar-refractivity contribution in [3.63, 3.8) is 0 Å². The lowest BCUT2D eigenvalue weighted by Crippen LogP contribution is -2.22. The van der Waals surface area contributed by atoms with Gasteiger partial charge in [-0.15, -0.1) is 11.8 Å². The van der Waals surface area contributed by atoms with Crippen molar-refractivity contribution in [2.45, 2.75) is 38.3 Å². The molecule has 0 heterocycles. The van der Waals surface area contributed by atoms with Gasteiger partial charge < -0.3 is 5.32 Å². The van der Waals surface area contributed by atoms with E-state index in [2.05, 4.69) is 50.5 Å². The summed E-state index contributed by atoms with van der Waals surface area (Å²) < 4.78 is 0. The molecule has 0 atom stereocenters. The SMILES string of the molecule is CSc1ccc(CNC(C)C)c(C)c1. The van der Waals surface area contributed by atoms with E-state index in [0.29, 0.717) is 6.04 Å². The molecule has 1 nitrogen and oxygen atoms in total. The smallest absolute Gasteiger partial charge is 0.0210 e. The molecule has 0 amide bonds. The maximum atomic E-state index is 3.43. The van der Waals surface area contributed by atoms with Gasteiger partial charge in [0.05, 0.1) is 0 Å². The minimum Gasteiger partial charge on any atom is -0.310 e. The third-order valence-electron chi connectivity index (χ3n) is 2.25. The molecule has 14 heavy (non-hydrogen) atoms. The largest absolute Gasteiger partial charge is 0.310 e. The zero-order chi connectivity index (χ0) is 10.6. The molecule has 0 aromatic heterocycles. The number of hydrogen-bond acceptors (Lipinski definition) is 2. The Kier molecular flexibility index (Phi) is 4.49. The van der Waals surface area contributed by atoms with E-state index in [4.69, 9.17) is 0 Å². The third kappa shape index (κ3) is 3.35. The van der Waals surface area contributed by atoms with E-state index in [9.17, 15) is 0 Å². The van der Waals surface area contributed by atoms with Crippen LogP contribution < -0.4 is 5.32 Å². The number of aryl methyl sites for hydroxylation is 1. The number of rotatable bonds is 4. The van der Waals surface area contributed by atoms with E-state index in [1.165, 1.54) is 16.0 Å². The second-order valence-corrected chi connectivity index (χ2v) is 4.71. The molecule has 1 aromatic rings. The zero-order valence-electron chi connectivity index (χ0n) is 9.42. The van der Waals surface area contributed by atoms with Gasteiger partial charge in [-0.2, -0.15) is 0 Å². The predicted molar refractivity (Wildman–Crippen MR) is 64.9 cm³/mol. The minimum atomic E-state index is 0.551. The van der Waals surface area contributed by atoms with Crippen molar-refractivity contribution in [1.29, 1.82) is 0 Å². The van der Waals surface area contributed by atoms with Crippen molar-refractivity contribution in [2.75, 3.05) is 6.26 Å². The van der Waals surface area contributed by atoms with Crippen LogP contribution in [0.5, 0.6) is 0 Å². The van der Waals surface area contributed by atoms with Crippen molar-refractivity contribution in [3.05, 3.63) is 29.3 Å². The minimum absolute atomic E-state index is 0.551. The molecule has 1 aromatic carbocycles. The number of thioether (sulfide) groups is 1. The molecule has 0 aliphatic rings. The van der Waals surface area contributed by atoms with Crippen LogP contribution in [0.15, 0.2) is 23.1 Å². The molecule has 1 N–H and O–H groups in total. The monoisotopic (exact) mass is 209 g/mol. The van der Waals surface area contributed by atoms with E-state index >= 15 is 0 Å². The standard InChI is InChI=1S/C12H19NS/c1-9(2)13-8-11-5-6-12(14-4)7-10(11)3/h5-7,9,13H,8H2,1-4H3. The Labute approximate surface area is 91.3 Å². The highest BCUT2D eigenvalue weighted by Gasteiger charge is 2.00. The first-order valence-corrected chi connectivity index (χ1v) is 6.23. The summed E-state index contributed by atoms with van der Waals surface area (Å²) in [6.45, 7) is 7.49. The molecule has 78 valence electrons. The van der Waals surface area contributed by atoms with Crippen molar-refractivity contribution in [3.8, 4) is 0 Å². The van der Waals surface area contributed by atoms with Gasteiger partial charge in [-0.25, -0.2) is 0 Å². The molecular weight excluding hydrogens is 190 g/mol. The van der Waals surface area contributed by atoms with Crippen LogP contribution in [0.1, 0.15) is 25.0 Å². The summed E-state index contributed by atoms with van der Waals surface area (Å²) in [5, 5.41) is 3.43. The van der Waals surface area contributed by atoms with Crippen LogP contribution in [0.2, 0.25) is 0 Å². The van der Waals surface area contributed by atoms with E-state index in [-0.39, 0.29) is 0 Å². The first-order chi connectivity index (χ1) is 6.63. The summed E-state index contributed by atoms with van der Waals surface area (Å²) in [5.74, 6) is 0. The Morgan fingerprint density at radius 1 is 1.36 bits per heavy atom. The fourth-order valence-electron chi connectivity index (χ4n) is 1.31. The van der Waals surface area contributed by atoms with E-state index in [0.717, 1.165) is 6.54 Å². The molecule has 0 spiro atoms. The highest BCUT2D eigenvalue weighted by Crippen LogP contribution is 2.18. The van der Waals surface area contributed by atoms with E-state index in [1.54, 1.807) is 11.8 Å². The van der Waals surface area contributed by atoms with E-state index in [1.807, 2.05) is 0 Å². The number of hydrogen-bond donors (Lipinski definition) is 1. The summed E-state index contributed by atoms with van der Waals surface area (Å²) in [4.78, 5) is 1.34. The van der Waals surface area contributed by atoms with Crippen LogP contribution in [0, 0.1) is 6.92 Å². The average molecular weight is 209 g/mol. The Balaban J connectivity index is 2.69. The van der Waals surface area contributed by atoms with Crippen LogP contribution in [0.25, 0.3) is 0 Å². The van der Waals surface area contributed by atoms with Gasteiger partial charge in [-0.05, 0) is 36.4 Å². The average Bonchev–Trinajstić information content (AvgIpc) is 2.15. The summed E-state index contributed by atoms with van der Waals surface area (Å²) in [6, 6.07) is 7.21. The Morgan fingerprint density at radius 2 is 2.07 bits per heavy atom. The van der Waals surface area contributed by atoms with Crippen LogP contribution >= 0.6 is 11.8 Å². The highest BCUT2D eigenvalue weighted by molar-refractivity contribution is 7.98. The van der Waals surface area contributed by atoms with Gasteiger partial charge in [-0.3, -0.25) is 0 Å². The summed E-state index contributed by atoms with van der Waals surface area (Å²) in [6.07, 6.45) is 2.11. The van der Waals surface area contributed by atoms with Crippen LogP contribution in [-0.2, 0) is 6.54 Å². The van der Waals surface area contributed by atoms with Crippen molar-refractivity contribution in [2.24, 2.45) is 0 Å². The molecule has 0 saturated carbocycles. The second kappa shape index (κ2) is 5.42. The third-order valence-corrected chi connectivity index (χ3v) is 2.98. The Bertz CT molecular complexity index is 294. The van der Waals surface area contributed by atoms with Crippen molar-refractivity contribution >= 4 is 11.8 Å². The van der Waals surface area contributed by atoms with Gasteiger partial charge >= 0.3 is 0 Å². The fraction of sp³-hybridized carbons (Fsp3) is 0.500. The van der Waals surface area contributed by atoms with Crippen molar-refractivity contribution < 1.29 is 0 Å². The maximum absolute atomic E-state index is 3.43. The Morgan fingerprint density at radius 3 is 2.57 bits per heavy atom. The van der Waals surface area contributed by atoms with Crippen LogP contribution in [0.3, 0.4) is 0 Å². The topological polar surface area (TPSA) is 12.0 Å². The van der Waals surface area contributed by atoms with Gasteiger partial charge in [0.25, 0.3) is 0 Å². The van der Waals surface area contributed by atoms with Crippen LogP contribution in [0.4, 0.5) is 0 Å². The summed E-state index contributed by atoms with van der Waals surface area (Å²) in [5.41, 5.74) is 2.78. The molecule has 0 unspecified atom stereocenters. The molecular formula is C12H19NS. The molecule has 0 fully saturated rings. The molecule has 0 aliphatic carbocycles. The van der Waals surface area contributed by atoms with Gasteiger partial charge in [0.1, 0.15) is 0 Å². The molecule has 0 aliphatic heterocycles. The number of nitrogens with one attached hydrogen (secondary N) is 1. The molecule has 2 heteroatoms. The van der Waals surface area contributed by atoms with Gasteiger partial charge in [0, 0.05) is 17.5 Å². The van der Waals surface area contributed by atoms with Gasteiger partial charge in [-0.1, -0.05) is 19.9 Å². The highest BCUT2D eigenvalue weighted by atomic mass is 32.2. The fourth-order valence-corrected chi connectivity index (χ4v) is 1.81. The molecule has 0 bridgehead atoms. The lowest BCUT2D eigenvalue weighted by Gasteiger charge is -2.11. The quantitative estimate of drug-likeness (QED) is 0.764. The van der Waals surface area contributed by atoms with Crippen LogP contribution in [-0.4, -0.2) is 12.3 Å². The Hall–Kier alpha value is -0.470. The summed E-state index contributed by atoms with van der Waals surface area (Å²) in [7, 11) is 0. The lowest BCUT2D eigenvalue weighted by molar-refractivity contribution is 0.587. The van der Waals surface area contributed by atoms with Gasteiger partial charge in [0.15, 0.2) is 0 Å². The summed E-state index contributed by atoms with van der Waals surface area (Å²) >= 11 is 1.80. The first kappa shape index (κ1) is 11.6.